The second-order valence-corrected chi connectivity index (χ2v) is 6.10. The summed E-state index contributed by atoms with van der Waals surface area (Å²) in [5.41, 5.74) is 7.19. The fourth-order valence-electron chi connectivity index (χ4n) is 1.14. The van der Waals surface area contributed by atoms with Crippen molar-refractivity contribution in [1.29, 1.82) is 0 Å². The van der Waals surface area contributed by atoms with Crippen LogP contribution in [0.1, 0.15) is 5.69 Å². The van der Waals surface area contributed by atoms with Gasteiger partial charge in [0.05, 0.1) is 14.9 Å². The Bertz CT molecular complexity index is 502. The van der Waals surface area contributed by atoms with Gasteiger partial charge in [-0.05, 0) is 19.1 Å². The van der Waals surface area contributed by atoms with Crippen LogP contribution in [-0.4, -0.2) is 4.98 Å². The van der Waals surface area contributed by atoms with Gasteiger partial charge in [0.2, 0.25) is 0 Å². The summed E-state index contributed by atoms with van der Waals surface area (Å²) in [5.74, 6) is 0. The number of nitrogen functional groups attached to an aromatic ring is 1. The molecule has 0 saturated carbocycles. The van der Waals surface area contributed by atoms with E-state index in [1.54, 1.807) is 23.5 Å². The highest BCUT2D eigenvalue weighted by Gasteiger charge is 2.11. The lowest BCUT2D eigenvalue weighted by Gasteiger charge is -2.05. The van der Waals surface area contributed by atoms with Crippen molar-refractivity contribution in [2.45, 2.75) is 16.2 Å². The van der Waals surface area contributed by atoms with E-state index in [0.717, 1.165) is 14.9 Å². The molecule has 1 heterocycles. The van der Waals surface area contributed by atoms with E-state index in [-0.39, 0.29) is 0 Å². The number of aromatic nitrogens is 1. The molecular weight excluding hydrogens is 283 g/mol. The van der Waals surface area contributed by atoms with Gasteiger partial charge in [0.25, 0.3) is 0 Å². The molecule has 0 unspecified atom stereocenters. The van der Waals surface area contributed by atoms with Crippen molar-refractivity contribution in [3.05, 3.63) is 33.3 Å². The minimum absolute atomic E-state index is 0.558. The van der Waals surface area contributed by atoms with Crippen molar-refractivity contribution in [2.75, 3.05) is 5.73 Å². The monoisotopic (exact) mass is 290 g/mol. The number of nitrogens with two attached hydrogens (primary N) is 1. The third-order valence-corrected chi connectivity index (χ3v) is 4.83. The number of benzene rings is 1. The van der Waals surface area contributed by atoms with Gasteiger partial charge in [-0.2, -0.15) is 0 Å². The lowest BCUT2D eigenvalue weighted by molar-refractivity contribution is 1.16. The third-order valence-electron chi connectivity index (χ3n) is 1.81. The van der Waals surface area contributed by atoms with Gasteiger partial charge < -0.3 is 5.73 Å². The van der Waals surface area contributed by atoms with Crippen LogP contribution in [0.4, 0.5) is 5.69 Å². The van der Waals surface area contributed by atoms with Crippen LogP contribution in [0.15, 0.2) is 26.7 Å². The summed E-state index contributed by atoms with van der Waals surface area (Å²) < 4.78 is 0.922. The van der Waals surface area contributed by atoms with E-state index in [9.17, 15) is 0 Å². The van der Waals surface area contributed by atoms with E-state index in [4.69, 9.17) is 28.9 Å². The van der Waals surface area contributed by atoms with E-state index in [0.29, 0.717) is 15.7 Å². The molecule has 0 radical (unpaired) electrons. The minimum atomic E-state index is 0.558. The predicted octanol–water partition coefficient (Wildman–Crippen LogP) is 4.49. The molecule has 16 heavy (non-hydrogen) atoms. The van der Waals surface area contributed by atoms with Crippen molar-refractivity contribution >= 4 is 52.0 Å². The largest absolute Gasteiger partial charge is 0.399 e. The van der Waals surface area contributed by atoms with Crippen LogP contribution in [0.3, 0.4) is 0 Å². The van der Waals surface area contributed by atoms with Gasteiger partial charge in [-0.15, -0.1) is 11.3 Å². The summed E-state index contributed by atoms with van der Waals surface area (Å²) >= 11 is 15.2. The van der Waals surface area contributed by atoms with E-state index in [1.165, 1.54) is 11.8 Å². The van der Waals surface area contributed by atoms with Gasteiger partial charge >= 0.3 is 0 Å². The Labute approximate surface area is 112 Å². The molecule has 0 saturated heterocycles. The number of aryl methyl sites for hydroxylation is 1. The predicted molar refractivity (Wildman–Crippen MR) is 71.8 cm³/mol. The molecule has 84 valence electrons. The van der Waals surface area contributed by atoms with Gasteiger partial charge in [0.15, 0.2) is 4.34 Å². The smallest absolute Gasteiger partial charge is 0.154 e. The highest BCUT2D eigenvalue weighted by atomic mass is 35.5. The highest BCUT2D eigenvalue weighted by molar-refractivity contribution is 8.01. The molecule has 1 aromatic carbocycles. The van der Waals surface area contributed by atoms with Crippen LogP contribution in [-0.2, 0) is 0 Å². The molecular formula is C10H8Cl2N2S2. The molecule has 2 N–H and O–H groups in total. The molecule has 2 nitrogen and oxygen atoms in total. The van der Waals surface area contributed by atoms with Crippen LogP contribution < -0.4 is 5.73 Å². The second-order valence-electron chi connectivity index (χ2n) is 3.17. The number of thiazole rings is 1. The summed E-state index contributed by atoms with van der Waals surface area (Å²) in [6.45, 7) is 1.95. The summed E-state index contributed by atoms with van der Waals surface area (Å²) in [7, 11) is 0. The highest BCUT2D eigenvalue weighted by Crippen LogP contribution is 2.40. The average molecular weight is 291 g/mol. The lowest BCUT2D eigenvalue weighted by Crippen LogP contribution is -1.86. The van der Waals surface area contributed by atoms with Crippen molar-refractivity contribution in [3.8, 4) is 0 Å². The van der Waals surface area contributed by atoms with Crippen LogP contribution in [0.5, 0.6) is 0 Å². The molecule has 0 amide bonds. The molecule has 0 atom stereocenters. The van der Waals surface area contributed by atoms with E-state index >= 15 is 0 Å². The third kappa shape index (κ3) is 2.63. The maximum absolute atomic E-state index is 6.08. The summed E-state index contributed by atoms with van der Waals surface area (Å²) in [6.07, 6.45) is 0. The Morgan fingerprint density at radius 1 is 1.31 bits per heavy atom. The molecule has 1 aromatic heterocycles. The first-order valence-electron chi connectivity index (χ1n) is 4.41. The topological polar surface area (TPSA) is 38.9 Å². The fourth-order valence-corrected chi connectivity index (χ4v) is 3.66. The molecule has 0 aliphatic rings. The first kappa shape index (κ1) is 12.0. The molecule has 0 aliphatic heterocycles. The van der Waals surface area contributed by atoms with E-state index in [2.05, 4.69) is 4.98 Å². The first-order valence-corrected chi connectivity index (χ1v) is 6.86. The molecule has 2 rings (SSSR count). The average Bonchev–Trinajstić information content (AvgIpc) is 2.58. The zero-order valence-corrected chi connectivity index (χ0v) is 11.5. The van der Waals surface area contributed by atoms with Gasteiger partial charge in [-0.1, -0.05) is 35.0 Å². The van der Waals surface area contributed by atoms with Crippen molar-refractivity contribution in [3.63, 3.8) is 0 Å². The number of rotatable bonds is 2. The van der Waals surface area contributed by atoms with Crippen LogP contribution >= 0.6 is 46.3 Å². The van der Waals surface area contributed by atoms with Crippen molar-refractivity contribution in [2.24, 2.45) is 0 Å². The molecule has 6 heteroatoms. The van der Waals surface area contributed by atoms with Crippen molar-refractivity contribution in [1.82, 2.24) is 4.98 Å². The van der Waals surface area contributed by atoms with Gasteiger partial charge in [-0.3, -0.25) is 0 Å². The second kappa shape index (κ2) is 4.84. The Hall–Kier alpha value is -0.420. The standard InChI is InChI=1S/C10H8Cl2N2S2/c1-5-4-15-10(14-5)16-9-7(11)2-6(13)3-8(9)12/h2-4H,13H2,1H3. The van der Waals surface area contributed by atoms with E-state index in [1.807, 2.05) is 12.3 Å². The normalized spacial score (nSPS) is 10.7. The first-order chi connectivity index (χ1) is 7.56. The number of hydrogen-bond donors (Lipinski definition) is 1. The zero-order valence-electron chi connectivity index (χ0n) is 8.33. The maximum Gasteiger partial charge on any atom is 0.154 e. The van der Waals surface area contributed by atoms with Crippen LogP contribution in [0.25, 0.3) is 0 Å². The quantitative estimate of drug-likeness (QED) is 0.828. The maximum atomic E-state index is 6.08. The number of halogens is 2. The van der Waals surface area contributed by atoms with Gasteiger partial charge in [0, 0.05) is 16.8 Å². The number of hydrogen-bond acceptors (Lipinski definition) is 4. The molecule has 0 bridgehead atoms. The number of anilines is 1. The summed E-state index contributed by atoms with van der Waals surface area (Å²) in [4.78, 5) is 5.14. The SMILES string of the molecule is Cc1csc(Sc2c(Cl)cc(N)cc2Cl)n1. The summed E-state index contributed by atoms with van der Waals surface area (Å²) in [5, 5.41) is 3.10. The van der Waals surface area contributed by atoms with E-state index < -0.39 is 0 Å². The zero-order chi connectivity index (χ0) is 11.7. The Morgan fingerprint density at radius 2 is 1.94 bits per heavy atom. The Kier molecular flexibility index (Phi) is 3.64. The summed E-state index contributed by atoms with van der Waals surface area (Å²) in [6, 6.07) is 3.38. The van der Waals surface area contributed by atoms with Crippen molar-refractivity contribution < 1.29 is 0 Å². The fraction of sp³-hybridized carbons (Fsp3) is 0.100. The molecule has 0 aliphatic carbocycles. The molecule has 0 fully saturated rings. The molecule has 0 spiro atoms. The molecule has 2 aromatic rings. The minimum Gasteiger partial charge on any atom is -0.399 e. The number of nitrogens with zero attached hydrogens (tertiary/aromatic N) is 1. The van der Waals surface area contributed by atoms with Gasteiger partial charge in [-0.25, -0.2) is 4.98 Å². The van der Waals surface area contributed by atoms with Crippen LogP contribution in [0.2, 0.25) is 10.0 Å². The lowest BCUT2D eigenvalue weighted by atomic mass is 10.3. The Balaban J connectivity index is 2.34. The van der Waals surface area contributed by atoms with Crippen LogP contribution in [0, 0.1) is 6.92 Å². The Morgan fingerprint density at radius 3 is 2.44 bits per heavy atom. The van der Waals surface area contributed by atoms with Gasteiger partial charge in [0.1, 0.15) is 0 Å².